The number of carbonyl (C=O) groups is 1. The molecular formula is C26H48O5. The molecule has 2 aliphatic carbocycles. The fourth-order valence-electron chi connectivity index (χ4n) is 5.27. The second-order valence-corrected chi connectivity index (χ2v) is 9.98. The average molecular weight is 441 g/mol. The van der Waals surface area contributed by atoms with Gasteiger partial charge in [0.1, 0.15) is 6.29 Å². The van der Waals surface area contributed by atoms with Gasteiger partial charge in [0.25, 0.3) is 0 Å². The summed E-state index contributed by atoms with van der Waals surface area (Å²) < 4.78 is 5.50. The van der Waals surface area contributed by atoms with Crippen LogP contribution in [0.15, 0.2) is 12.2 Å². The zero-order chi connectivity index (χ0) is 23.1. The topological polar surface area (TPSA) is 87.0 Å². The van der Waals surface area contributed by atoms with Crippen LogP contribution in [0.2, 0.25) is 0 Å². The van der Waals surface area contributed by atoms with Gasteiger partial charge in [0.2, 0.25) is 0 Å². The Labute approximate surface area is 190 Å². The van der Waals surface area contributed by atoms with Gasteiger partial charge >= 0.3 is 0 Å². The van der Waals surface area contributed by atoms with Crippen molar-refractivity contribution in [2.75, 3.05) is 26.9 Å². The van der Waals surface area contributed by atoms with Gasteiger partial charge < -0.3 is 20.1 Å². The molecule has 0 atom stereocenters. The SMILES string of the molecule is C=C(C=O)CC(CO)(CO)CO.CCCCCC1CCC(C2CCC(OC)CC2)CC1. The maximum Gasteiger partial charge on any atom is 0.145 e. The van der Waals surface area contributed by atoms with E-state index in [0.717, 1.165) is 17.8 Å². The third kappa shape index (κ3) is 10.2. The van der Waals surface area contributed by atoms with Gasteiger partial charge in [-0.1, -0.05) is 52.0 Å². The first kappa shape index (κ1) is 28.3. The maximum absolute atomic E-state index is 10.2. The van der Waals surface area contributed by atoms with Crippen LogP contribution in [-0.2, 0) is 9.53 Å². The lowest BCUT2D eigenvalue weighted by molar-refractivity contribution is -0.105. The van der Waals surface area contributed by atoms with Crippen LogP contribution in [0.25, 0.3) is 0 Å². The highest BCUT2D eigenvalue weighted by Gasteiger charge is 2.31. The molecule has 0 amide bonds. The molecule has 0 unspecified atom stereocenters. The number of aldehydes is 1. The molecule has 0 saturated heterocycles. The molecule has 2 saturated carbocycles. The lowest BCUT2D eigenvalue weighted by Crippen LogP contribution is -2.34. The van der Waals surface area contributed by atoms with Crippen LogP contribution in [0.3, 0.4) is 0 Å². The summed E-state index contributed by atoms with van der Waals surface area (Å²) in [5.41, 5.74) is -0.759. The quantitative estimate of drug-likeness (QED) is 0.233. The van der Waals surface area contributed by atoms with E-state index in [1.165, 1.54) is 77.0 Å². The second-order valence-electron chi connectivity index (χ2n) is 9.98. The van der Waals surface area contributed by atoms with E-state index in [-0.39, 0.29) is 31.8 Å². The van der Waals surface area contributed by atoms with Crippen molar-refractivity contribution in [3.63, 3.8) is 0 Å². The Kier molecular flexibility index (Phi) is 14.6. The van der Waals surface area contributed by atoms with Gasteiger partial charge in [-0.25, -0.2) is 0 Å². The number of aliphatic hydroxyl groups excluding tert-OH is 3. The molecule has 31 heavy (non-hydrogen) atoms. The summed E-state index contributed by atoms with van der Waals surface area (Å²) in [5.74, 6) is 3.15. The summed E-state index contributed by atoms with van der Waals surface area (Å²) in [6.07, 6.45) is 18.6. The van der Waals surface area contributed by atoms with Crippen molar-refractivity contribution in [3.8, 4) is 0 Å². The van der Waals surface area contributed by atoms with Crippen molar-refractivity contribution < 1.29 is 24.9 Å². The summed E-state index contributed by atoms with van der Waals surface area (Å²) in [6.45, 7) is 4.61. The number of ether oxygens (including phenoxy) is 1. The van der Waals surface area contributed by atoms with Gasteiger partial charge in [-0.3, -0.25) is 4.79 Å². The average Bonchev–Trinajstić information content (AvgIpc) is 2.83. The lowest BCUT2D eigenvalue weighted by Gasteiger charge is -2.37. The van der Waals surface area contributed by atoms with Gasteiger partial charge in [-0.05, 0) is 68.3 Å². The molecule has 0 heterocycles. The Bertz CT molecular complexity index is 464. The number of rotatable bonds is 12. The summed E-state index contributed by atoms with van der Waals surface area (Å²) in [4.78, 5) is 10.2. The predicted octanol–water partition coefficient (Wildman–Crippen LogP) is 4.67. The van der Waals surface area contributed by atoms with E-state index >= 15 is 0 Å². The van der Waals surface area contributed by atoms with Crippen LogP contribution in [0.1, 0.15) is 90.4 Å². The number of allylic oxidation sites excluding steroid dienone is 1. The minimum Gasteiger partial charge on any atom is -0.396 e. The molecule has 2 rings (SSSR count). The van der Waals surface area contributed by atoms with Crippen molar-refractivity contribution in [3.05, 3.63) is 12.2 Å². The Balaban J connectivity index is 0.000000348. The molecule has 2 fully saturated rings. The highest BCUT2D eigenvalue weighted by molar-refractivity contribution is 5.72. The van der Waals surface area contributed by atoms with Crippen LogP contribution < -0.4 is 0 Å². The zero-order valence-electron chi connectivity index (χ0n) is 20.1. The number of aliphatic hydroxyl groups is 3. The Morgan fingerprint density at radius 1 is 0.935 bits per heavy atom. The van der Waals surface area contributed by atoms with E-state index in [4.69, 9.17) is 20.1 Å². The molecular weight excluding hydrogens is 392 g/mol. The van der Waals surface area contributed by atoms with E-state index in [1.807, 2.05) is 7.11 Å². The molecule has 0 aromatic heterocycles. The number of hydrogen-bond acceptors (Lipinski definition) is 5. The Morgan fingerprint density at radius 2 is 1.45 bits per heavy atom. The Hall–Kier alpha value is -0.750. The van der Waals surface area contributed by atoms with Gasteiger partial charge in [-0.2, -0.15) is 0 Å². The van der Waals surface area contributed by atoms with Gasteiger partial charge in [0.05, 0.1) is 25.9 Å². The number of hydrogen-bond donors (Lipinski definition) is 3. The minimum absolute atomic E-state index is 0.111. The number of unbranched alkanes of at least 4 members (excludes halogenated alkanes) is 2. The van der Waals surface area contributed by atoms with Crippen LogP contribution in [0.4, 0.5) is 0 Å². The van der Waals surface area contributed by atoms with Crippen LogP contribution in [0.5, 0.6) is 0 Å². The van der Waals surface area contributed by atoms with Crippen molar-refractivity contribution in [2.24, 2.45) is 23.2 Å². The molecule has 0 aromatic carbocycles. The largest absolute Gasteiger partial charge is 0.396 e. The summed E-state index contributed by atoms with van der Waals surface area (Å²) in [5, 5.41) is 26.5. The van der Waals surface area contributed by atoms with Crippen molar-refractivity contribution in [2.45, 2.75) is 96.5 Å². The van der Waals surface area contributed by atoms with E-state index < -0.39 is 5.41 Å². The van der Waals surface area contributed by atoms with E-state index in [2.05, 4.69) is 13.5 Å². The normalized spacial score (nSPS) is 26.6. The van der Waals surface area contributed by atoms with Crippen molar-refractivity contribution in [1.29, 1.82) is 0 Å². The summed E-state index contributed by atoms with van der Waals surface area (Å²) >= 11 is 0. The fraction of sp³-hybridized carbons (Fsp3) is 0.885. The van der Waals surface area contributed by atoms with E-state index in [9.17, 15) is 4.79 Å². The molecule has 5 nitrogen and oxygen atoms in total. The fourth-order valence-corrected chi connectivity index (χ4v) is 5.27. The van der Waals surface area contributed by atoms with E-state index in [0.29, 0.717) is 12.4 Å². The summed E-state index contributed by atoms with van der Waals surface area (Å²) in [6, 6.07) is 0. The predicted molar refractivity (Wildman–Crippen MR) is 126 cm³/mol. The first-order valence-electron chi connectivity index (χ1n) is 12.5. The van der Waals surface area contributed by atoms with Crippen LogP contribution in [-0.4, -0.2) is 54.6 Å². The van der Waals surface area contributed by atoms with Gasteiger partial charge in [-0.15, -0.1) is 0 Å². The van der Waals surface area contributed by atoms with E-state index in [1.54, 1.807) is 0 Å². The molecule has 182 valence electrons. The molecule has 0 spiro atoms. The Morgan fingerprint density at radius 3 is 1.87 bits per heavy atom. The monoisotopic (exact) mass is 440 g/mol. The summed E-state index contributed by atoms with van der Waals surface area (Å²) in [7, 11) is 1.88. The molecule has 3 N–H and O–H groups in total. The van der Waals surface area contributed by atoms with Gasteiger partial charge in [0.15, 0.2) is 0 Å². The zero-order valence-corrected chi connectivity index (χ0v) is 20.1. The third-order valence-corrected chi connectivity index (χ3v) is 7.60. The molecule has 2 aliphatic rings. The van der Waals surface area contributed by atoms with Crippen molar-refractivity contribution >= 4 is 6.29 Å². The standard InChI is InChI=1S/C18H34O.C8H14O4/c1-3-4-5-6-15-7-9-16(10-8-15)17-11-13-18(19-2)14-12-17;1-7(3-9)2-8(4-10,5-11)6-12/h15-18H,3-14H2,1-2H3;3,10-12H,1-2,4-6H2. The smallest absolute Gasteiger partial charge is 0.145 e. The first-order valence-corrected chi connectivity index (χ1v) is 12.5. The van der Waals surface area contributed by atoms with Crippen LogP contribution >= 0.6 is 0 Å². The molecule has 0 aromatic rings. The first-order chi connectivity index (χ1) is 15.0. The maximum atomic E-state index is 10.2. The lowest BCUT2D eigenvalue weighted by atomic mass is 9.70. The second kappa shape index (κ2) is 16.0. The highest BCUT2D eigenvalue weighted by atomic mass is 16.5. The van der Waals surface area contributed by atoms with Gasteiger partial charge in [0, 0.05) is 12.5 Å². The molecule has 0 radical (unpaired) electrons. The minimum atomic E-state index is -1.02. The molecule has 5 heteroatoms. The molecule has 0 bridgehead atoms. The highest BCUT2D eigenvalue weighted by Crippen LogP contribution is 2.41. The van der Waals surface area contributed by atoms with Crippen molar-refractivity contribution in [1.82, 2.24) is 0 Å². The molecule has 0 aliphatic heterocycles. The number of carbonyl (C=O) groups excluding carboxylic acids is 1. The third-order valence-electron chi connectivity index (χ3n) is 7.60. The number of methoxy groups -OCH3 is 1. The van der Waals surface area contributed by atoms with Crippen LogP contribution in [0, 0.1) is 23.2 Å².